The zero-order valence-electron chi connectivity index (χ0n) is 9.24. The first kappa shape index (κ1) is 11.1. The molecule has 16 heavy (non-hydrogen) atoms. The Hall–Kier alpha value is -1.36. The lowest BCUT2D eigenvalue weighted by atomic mass is 10.3. The van der Waals surface area contributed by atoms with Crippen molar-refractivity contribution in [1.29, 1.82) is 0 Å². The van der Waals surface area contributed by atoms with Gasteiger partial charge in [0.25, 0.3) is 0 Å². The number of aromatic amines is 1. The normalized spacial score (nSPS) is 11.4. The van der Waals surface area contributed by atoms with E-state index in [-0.39, 0.29) is 0 Å². The van der Waals surface area contributed by atoms with Crippen molar-refractivity contribution in [2.45, 2.75) is 18.7 Å². The summed E-state index contributed by atoms with van der Waals surface area (Å²) >= 11 is 1.69. The molecule has 2 rings (SSSR count). The van der Waals surface area contributed by atoms with Crippen LogP contribution in [-0.2, 0) is 0 Å². The number of thioether (sulfide) groups is 1. The highest BCUT2D eigenvalue weighted by molar-refractivity contribution is 7.99. The summed E-state index contributed by atoms with van der Waals surface area (Å²) in [5.41, 5.74) is 7.75. The Labute approximate surface area is 97.2 Å². The fourth-order valence-corrected chi connectivity index (χ4v) is 2.31. The van der Waals surface area contributed by atoms with Crippen LogP contribution >= 0.6 is 11.8 Å². The van der Waals surface area contributed by atoms with E-state index in [1.54, 1.807) is 17.8 Å². The van der Waals surface area contributed by atoms with E-state index in [4.69, 9.17) is 10.2 Å². The maximum Gasteiger partial charge on any atom is 0.417 e. The topological polar surface area (TPSA) is 72.0 Å². The van der Waals surface area contributed by atoms with Crippen LogP contribution in [0.1, 0.15) is 13.8 Å². The number of benzene rings is 1. The van der Waals surface area contributed by atoms with Crippen LogP contribution in [-0.4, -0.2) is 10.7 Å². The van der Waals surface area contributed by atoms with Crippen LogP contribution in [0.25, 0.3) is 11.1 Å². The Morgan fingerprint density at radius 2 is 2.25 bits per heavy atom. The quantitative estimate of drug-likeness (QED) is 0.636. The summed E-state index contributed by atoms with van der Waals surface area (Å²) in [6, 6.07) is 3.55. The van der Waals surface area contributed by atoms with Gasteiger partial charge in [-0.1, -0.05) is 13.8 Å². The number of nitrogens with one attached hydrogen (secondary N) is 1. The first-order valence-corrected chi connectivity index (χ1v) is 6.10. The second-order valence-electron chi connectivity index (χ2n) is 4.11. The molecule has 0 aliphatic carbocycles. The summed E-state index contributed by atoms with van der Waals surface area (Å²) in [5.74, 6) is 1.15. The molecule has 3 N–H and O–H groups in total. The van der Waals surface area contributed by atoms with E-state index in [0.717, 1.165) is 10.6 Å². The van der Waals surface area contributed by atoms with Crippen LogP contribution in [0.3, 0.4) is 0 Å². The number of rotatable bonds is 3. The lowest BCUT2D eigenvalue weighted by Gasteiger charge is -2.06. The minimum absolute atomic E-state index is 0.444. The summed E-state index contributed by atoms with van der Waals surface area (Å²) < 4.78 is 4.93. The van der Waals surface area contributed by atoms with E-state index in [0.29, 0.717) is 22.7 Å². The molecule has 0 fully saturated rings. The van der Waals surface area contributed by atoms with E-state index >= 15 is 0 Å². The van der Waals surface area contributed by atoms with Crippen molar-refractivity contribution in [2.24, 2.45) is 5.92 Å². The SMILES string of the molecule is CC(C)CSc1cc2[nH]c(=O)oc2cc1N. The minimum Gasteiger partial charge on any atom is -0.408 e. The van der Waals surface area contributed by atoms with Crippen molar-refractivity contribution >= 4 is 28.5 Å². The molecule has 86 valence electrons. The van der Waals surface area contributed by atoms with E-state index in [2.05, 4.69) is 18.8 Å². The molecule has 0 spiro atoms. The summed E-state index contributed by atoms with van der Waals surface area (Å²) in [7, 11) is 0. The van der Waals surface area contributed by atoms with Gasteiger partial charge >= 0.3 is 5.76 Å². The Morgan fingerprint density at radius 3 is 2.94 bits per heavy atom. The van der Waals surface area contributed by atoms with E-state index in [1.807, 2.05) is 6.07 Å². The standard InChI is InChI=1S/C11H14N2O2S/c1-6(2)5-16-10-4-8-9(3-7(10)12)15-11(14)13-8/h3-4,6H,5,12H2,1-2H3,(H,13,14). The van der Waals surface area contributed by atoms with Gasteiger partial charge in [0.1, 0.15) is 0 Å². The molecule has 0 amide bonds. The van der Waals surface area contributed by atoms with E-state index in [1.165, 1.54) is 0 Å². The van der Waals surface area contributed by atoms with Crippen LogP contribution in [0.4, 0.5) is 5.69 Å². The number of fused-ring (bicyclic) bond motifs is 1. The van der Waals surface area contributed by atoms with Gasteiger partial charge in [0.05, 0.1) is 5.52 Å². The highest BCUT2D eigenvalue weighted by Crippen LogP contribution is 2.29. The molecule has 0 saturated heterocycles. The third-order valence-electron chi connectivity index (χ3n) is 2.12. The average molecular weight is 238 g/mol. The number of aromatic nitrogens is 1. The second kappa shape index (κ2) is 4.25. The fraction of sp³-hybridized carbons (Fsp3) is 0.364. The monoisotopic (exact) mass is 238 g/mol. The number of anilines is 1. The van der Waals surface area contributed by atoms with Gasteiger partial charge in [-0.05, 0) is 12.0 Å². The summed E-state index contributed by atoms with van der Waals surface area (Å²) in [6.45, 7) is 4.31. The number of nitrogen functional groups attached to an aromatic ring is 1. The molecule has 0 bridgehead atoms. The van der Waals surface area contributed by atoms with Crippen LogP contribution in [0.5, 0.6) is 0 Å². The lowest BCUT2D eigenvalue weighted by Crippen LogP contribution is -1.94. The molecule has 0 atom stereocenters. The van der Waals surface area contributed by atoms with Gasteiger partial charge in [-0.15, -0.1) is 11.8 Å². The predicted octanol–water partition coefficient (Wildman–Crippen LogP) is 2.45. The van der Waals surface area contributed by atoms with Gasteiger partial charge in [0.15, 0.2) is 5.58 Å². The van der Waals surface area contributed by atoms with Crippen LogP contribution in [0, 0.1) is 5.92 Å². The molecule has 0 aliphatic rings. The molecule has 1 heterocycles. The lowest BCUT2D eigenvalue weighted by molar-refractivity contribution is 0.555. The fourth-order valence-electron chi connectivity index (χ4n) is 1.37. The third kappa shape index (κ3) is 2.24. The smallest absolute Gasteiger partial charge is 0.408 e. The van der Waals surface area contributed by atoms with Crippen molar-refractivity contribution in [2.75, 3.05) is 11.5 Å². The van der Waals surface area contributed by atoms with Gasteiger partial charge in [0.2, 0.25) is 0 Å². The average Bonchev–Trinajstić information content (AvgIpc) is 2.53. The third-order valence-corrected chi connectivity index (χ3v) is 3.62. The molecular formula is C11H14N2O2S. The number of hydrogen-bond acceptors (Lipinski definition) is 4. The Bertz CT molecular complexity index is 557. The molecule has 0 radical (unpaired) electrons. The summed E-state index contributed by atoms with van der Waals surface area (Å²) in [4.78, 5) is 14.6. The zero-order chi connectivity index (χ0) is 11.7. The molecule has 1 aromatic heterocycles. The molecule has 0 unspecified atom stereocenters. The van der Waals surface area contributed by atoms with Crippen molar-refractivity contribution in [3.05, 3.63) is 22.7 Å². The largest absolute Gasteiger partial charge is 0.417 e. The Balaban J connectivity index is 2.37. The number of hydrogen-bond donors (Lipinski definition) is 2. The number of nitrogens with two attached hydrogens (primary N) is 1. The second-order valence-corrected chi connectivity index (χ2v) is 5.17. The maximum atomic E-state index is 11.0. The summed E-state index contributed by atoms with van der Waals surface area (Å²) in [6.07, 6.45) is 0. The van der Waals surface area contributed by atoms with Gasteiger partial charge in [-0.3, -0.25) is 4.98 Å². The molecule has 4 nitrogen and oxygen atoms in total. The van der Waals surface area contributed by atoms with Gasteiger partial charge < -0.3 is 10.2 Å². The van der Waals surface area contributed by atoms with Crippen molar-refractivity contribution < 1.29 is 4.42 Å². The minimum atomic E-state index is -0.444. The maximum absolute atomic E-state index is 11.0. The molecular weight excluding hydrogens is 224 g/mol. The first-order valence-electron chi connectivity index (χ1n) is 5.11. The molecule has 0 aliphatic heterocycles. The Morgan fingerprint density at radius 1 is 1.50 bits per heavy atom. The van der Waals surface area contributed by atoms with Crippen molar-refractivity contribution in [1.82, 2.24) is 4.98 Å². The van der Waals surface area contributed by atoms with E-state index in [9.17, 15) is 4.79 Å². The molecule has 1 aromatic carbocycles. The molecule has 5 heteroatoms. The number of H-pyrrole nitrogens is 1. The highest BCUT2D eigenvalue weighted by Gasteiger charge is 2.07. The van der Waals surface area contributed by atoms with Gasteiger partial charge in [-0.25, -0.2) is 4.79 Å². The van der Waals surface area contributed by atoms with Crippen molar-refractivity contribution in [3.8, 4) is 0 Å². The highest BCUT2D eigenvalue weighted by atomic mass is 32.2. The van der Waals surface area contributed by atoms with Crippen LogP contribution in [0.15, 0.2) is 26.2 Å². The van der Waals surface area contributed by atoms with Crippen LogP contribution < -0.4 is 11.5 Å². The molecule has 0 saturated carbocycles. The van der Waals surface area contributed by atoms with Gasteiger partial charge in [0, 0.05) is 22.4 Å². The first-order chi connectivity index (χ1) is 7.56. The van der Waals surface area contributed by atoms with Gasteiger partial charge in [-0.2, -0.15) is 0 Å². The number of oxazole rings is 1. The summed E-state index contributed by atoms with van der Waals surface area (Å²) in [5, 5.41) is 0. The Kier molecular flexibility index (Phi) is 2.96. The predicted molar refractivity (Wildman–Crippen MR) is 66.8 cm³/mol. The molecule has 2 aromatic rings. The zero-order valence-corrected chi connectivity index (χ0v) is 10.1. The van der Waals surface area contributed by atoms with Crippen LogP contribution in [0.2, 0.25) is 0 Å². The van der Waals surface area contributed by atoms with E-state index < -0.39 is 5.76 Å². The van der Waals surface area contributed by atoms with Crippen molar-refractivity contribution in [3.63, 3.8) is 0 Å².